The summed E-state index contributed by atoms with van der Waals surface area (Å²) >= 11 is 0. The van der Waals surface area contributed by atoms with E-state index < -0.39 is 0 Å². The third-order valence-corrected chi connectivity index (χ3v) is 3.57. The molecule has 0 amide bonds. The highest BCUT2D eigenvalue weighted by Crippen LogP contribution is 2.43. The second-order valence-electron chi connectivity index (χ2n) is 4.65. The molecule has 0 unspecified atom stereocenters. The zero-order valence-corrected chi connectivity index (χ0v) is 12.3. The highest BCUT2D eigenvalue weighted by atomic mass is 16.5. The summed E-state index contributed by atoms with van der Waals surface area (Å²) in [5.41, 5.74) is 0.843. The maximum Gasteiger partial charge on any atom is 0.204 e. The Morgan fingerprint density at radius 2 is 1.86 bits per heavy atom. The Morgan fingerprint density at radius 3 is 2.57 bits per heavy atom. The molecule has 0 aliphatic carbocycles. The fraction of sp³-hybridized carbons (Fsp3) is 0.429. The van der Waals surface area contributed by atoms with E-state index in [9.17, 15) is 0 Å². The summed E-state index contributed by atoms with van der Waals surface area (Å²) in [6.07, 6.45) is 0. The van der Waals surface area contributed by atoms with Crippen molar-refractivity contribution in [3.8, 4) is 28.6 Å². The standard InChI is InChI=1S/C14H18N4O3/c1-19-10-5-4-9(12(20-2)13(10)21-3)14-17-16-11-8-15-6-7-18(11)14/h4-5,15H,6-8H2,1-3H3. The van der Waals surface area contributed by atoms with E-state index >= 15 is 0 Å². The lowest BCUT2D eigenvalue weighted by atomic mass is 10.1. The normalized spacial score (nSPS) is 13.7. The lowest BCUT2D eigenvalue weighted by Gasteiger charge is -2.18. The fourth-order valence-electron chi connectivity index (χ4n) is 2.57. The monoisotopic (exact) mass is 290 g/mol. The number of fused-ring (bicyclic) bond motifs is 1. The van der Waals surface area contributed by atoms with Crippen molar-refractivity contribution in [2.75, 3.05) is 27.9 Å². The van der Waals surface area contributed by atoms with Crippen molar-refractivity contribution in [3.05, 3.63) is 18.0 Å². The average Bonchev–Trinajstić information content (AvgIpc) is 2.97. The minimum Gasteiger partial charge on any atom is -0.493 e. The van der Waals surface area contributed by atoms with Crippen LogP contribution in [0, 0.1) is 0 Å². The van der Waals surface area contributed by atoms with Crippen molar-refractivity contribution in [2.45, 2.75) is 13.1 Å². The molecule has 0 atom stereocenters. The lowest BCUT2D eigenvalue weighted by molar-refractivity contribution is 0.325. The molecule has 3 rings (SSSR count). The summed E-state index contributed by atoms with van der Waals surface area (Å²) in [5.74, 6) is 3.49. The Labute approximate surface area is 122 Å². The molecule has 21 heavy (non-hydrogen) atoms. The Morgan fingerprint density at radius 1 is 1.05 bits per heavy atom. The van der Waals surface area contributed by atoms with Gasteiger partial charge in [-0.2, -0.15) is 0 Å². The van der Waals surface area contributed by atoms with Crippen LogP contribution in [0.5, 0.6) is 17.2 Å². The van der Waals surface area contributed by atoms with Gasteiger partial charge in [0, 0.05) is 13.1 Å². The topological polar surface area (TPSA) is 70.4 Å². The van der Waals surface area contributed by atoms with Gasteiger partial charge in [-0.15, -0.1) is 10.2 Å². The Kier molecular flexibility index (Phi) is 3.66. The van der Waals surface area contributed by atoms with Gasteiger partial charge in [0.05, 0.1) is 33.4 Å². The minimum absolute atomic E-state index is 0.559. The van der Waals surface area contributed by atoms with Gasteiger partial charge < -0.3 is 24.1 Å². The molecule has 0 bridgehead atoms. The van der Waals surface area contributed by atoms with E-state index in [0.717, 1.165) is 36.8 Å². The van der Waals surface area contributed by atoms with Gasteiger partial charge in [-0.3, -0.25) is 0 Å². The van der Waals surface area contributed by atoms with Crippen molar-refractivity contribution in [3.63, 3.8) is 0 Å². The van der Waals surface area contributed by atoms with E-state index in [-0.39, 0.29) is 0 Å². The second-order valence-corrected chi connectivity index (χ2v) is 4.65. The maximum atomic E-state index is 5.52. The van der Waals surface area contributed by atoms with Crippen LogP contribution in [-0.2, 0) is 13.1 Å². The SMILES string of the molecule is COc1ccc(-c2nnc3n2CCNC3)c(OC)c1OC. The summed E-state index contributed by atoms with van der Waals surface area (Å²) in [5, 5.41) is 11.8. The Bertz CT molecular complexity index is 654. The van der Waals surface area contributed by atoms with Crippen molar-refractivity contribution < 1.29 is 14.2 Å². The molecule has 0 fully saturated rings. The largest absolute Gasteiger partial charge is 0.493 e. The third kappa shape index (κ3) is 2.19. The maximum absolute atomic E-state index is 5.52. The van der Waals surface area contributed by atoms with E-state index in [1.54, 1.807) is 21.3 Å². The summed E-state index contributed by atoms with van der Waals surface area (Å²) in [4.78, 5) is 0. The molecular weight excluding hydrogens is 272 g/mol. The summed E-state index contributed by atoms with van der Waals surface area (Å²) < 4.78 is 18.3. The van der Waals surface area contributed by atoms with Crippen LogP contribution in [0.4, 0.5) is 0 Å². The van der Waals surface area contributed by atoms with Crippen molar-refractivity contribution in [2.24, 2.45) is 0 Å². The average molecular weight is 290 g/mol. The molecule has 1 N–H and O–H groups in total. The number of methoxy groups -OCH3 is 3. The first kappa shape index (κ1) is 13.7. The minimum atomic E-state index is 0.559. The third-order valence-electron chi connectivity index (χ3n) is 3.57. The number of nitrogens with zero attached hydrogens (tertiary/aromatic N) is 3. The molecule has 1 aliphatic heterocycles. The first-order valence-electron chi connectivity index (χ1n) is 6.72. The molecule has 2 aromatic rings. The predicted octanol–water partition coefficient (Wildman–Crippen LogP) is 1.07. The van der Waals surface area contributed by atoms with Crippen LogP contribution in [0.1, 0.15) is 5.82 Å². The molecule has 1 aliphatic rings. The first-order valence-corrected chi connectivity index (χ1v) is 6.72. The number of rotatable bonds is 4. The van der Waals surface area contributed by atoms with Crippen LogP contribution < -0.4 is 19.5 Å². The van der Waals surface area contributed by atoms with Gasteiger partial charge in [0.1, 0.15) is 5.82 Å². The van der Waals surface area contributed by atoms with Crippen molar-refractivity contribution >= 4 is 0 Å². The van der Waals surface area contributed by atoms with Gasteiger partial charge >= 0.3 is 0 Å². The molecule has 7 nitrogen and oxygen atoms in total. The molecule has 1 aromatic carbocycles. The van der Waals surface area contributed by atoms with Gasteiger partial charge in [-0.25, -0.2) is 0 Å². The zero-order chi connectivity index (χ0) is 14.8. The number of hydrogen-bond acceptors (Lipinski definition) is 6. The van der Waals surface area contributed by atoms with Gasteiger partial charge in [-0.05, 0) is 12.1 Å². The molecule has 112 valence electrons. The first-order chi connectivity index (χ1) is 10.3. The molecule has 1 aromatic heterocycles. The molecule has 0 radical (unpaired) electrons. The second kappa shape index (κ2) is 5.61. The lowest BCUT2D eigenvalue weighted by Crippen LogP contribution is -2.28. The van der Waals surface area contributed by atoms with E-state index in [2.05, 4.69) is 20.1 Å². The number of aromatic nitrogens is 3. The van der Waals surface area contributed by atoms with Gasteiger partial charge in [0.15, 0.2) is 17.3 Å². The van der Waals surface area contributed by atoms with E-state index in [1.165, 1.54) is 0 Å². The highest BCUT2D eigenvalue weighted by molar-refractivity contribution is 5.72. The van der Waals surface area contributed by atoms with Crippen LogP contribution in [0.15, 0.2) is 12.1 Å². The summed E-state index contributed by atoms with van der Waals surface area (Å²) in [7, 11) is 4.80. The predicted molar refractivity (Wildman–Crippen MR) is 76.8 cm³/mol. The van der Waals surface area contributed by atoms with Crippen LogP contribution >= 0.6 is 0 Å². The van der Waals surface area contributed by atoms with Crippen molar-refractivity contribution in [1.82, 2.24) is 20.1 Å². The van der Waals surface area contributed by atoms with Gasteiger partial charge in [0.25, 0.3) is 0 Å². The highest BCUT2D eigenvalue weighted by Gasteiger charge is 2.23. The van der Waals surface area contributed by atoms with Crippen LogP contribution in [-0.4, -0.2) is 42.6 Å². The van der Waals surface area contributed by atoms with Crippen LogP contribution in [0.25, 0.3) is 11.4 Å². The molecule has 2 heterocycles. The molecule has 0 spiro atoms. The number of benzene rings is 1. The zero-order valence-electron chi connectivity index (χ0n) is 12.3. The molecule has 7 heteroatoms. The van der Waals surface area contributed by atoms with Gasteiger partial charge in [0.2, 0.25) is 5.75 Å². The Balaban J connectivity index is 2.16. The van der Waals surface area contributed by atoms with Crippen LogP contribution in [0.3, 0.4) is 0 Å². The quantitative estimate of drug-likeness (QED) is 0.908. The fourth-order valence-corrected chi connectivity index (χ4v) is 2.57. The number of nitrogens with one attached hydrogen (secondary N) is 1. The van der Waals surface area contributed by atoms with E-state index in [0.29, 0.717) is 17.2 Å². The molecule has 0 saturated carbocycles. The van der Waals surface area contributed by atoms with Gasteiger partial charge in [-0.1, -0.05) is 0 Å². The Hall–Kier alpha value is -2.28. The van der Waals surface area contributed by atoms with E-state index in [1.807, 2.05) is 12.1 Å². The number of ether oxygens (including phenoxy) is 3. The van der Waals surface area contributed by atoms with Crippen molar-refractivity contribution in [1.29, 1.82) is 0 Å². The molecular formula is C14H18N4O3. The summed E-state index contributed by atoms with van der Waals surface area (Å²) in [6.45, 7) is 2.45. The summed E-state index contributed by atoms with van der Waals surface area (Å²) in [6, 6.07) is 3.76. The number of hydrogen-bond donors (Lipinski definition) is 1. The smallest absolute Gasteiger partial charge is 0.204 e. The molecule has 0 saturated heterocycles. The van der Waals surface area contributed by atoms with E-state index in [4.69, 9.17) is 14.2 Å². The van der Waals surface area contributed by atoms with Crippen LogP contribution in [0.2, 0.25) is 0 Å².